The fraction of sp³-hybridized carbons (Fsp3) is 0.429. The van der Waals surface area contributed by atoms with Gasteiger partial charge in [0.1, 0.15) is 5.60 Å². The van der Waals surface area contributed by atoms with E-state index in [0.29, 0.717) is 0 Å². The van der Waals surface area contributed by atoms with E-state index in [1.54, 1.807) is 0 Å². The second-order valence-electron chi connectivity index (χ2n) is 5.31. The molecule has 0 aromatic heterocycles. The molecule has 1 aliphatic rings. The molecule has 16 heavy (non-hydrogen) atoms. The summed E-state index contributed by atoms with van der Waals surface area (Å²) in [5.41, 5.74) is 1.23. The van der Waals surface area contributed by atoms with E-state index in [4.69, 9.17) is 16.3 Å². The molecular weight excluding hydrogens is 220 g/mol. The van der Waals surface area contributed by atoms with Gasteiger partial charge in [-0.05, 0) is 29.2 Å². The van der Waals surface area contributed by atoms with E-state index < -0.39 is 0 Å². The first-order valence-corrected chi connectivity index (χ1v) is 5.90. The predicted octanol–water partition coefficient (Wildman–Crippen LogP) is 4.17. The Hall–Kier alpha value is -0.790. The van der Waals surface area contributed by atoms with E-state index in [0.717, 1.165) is 17.2 Å². The van der Waals surface area contributed by atoms with E-state index in [-0.39, 0.29) is 11.0 Å². The van der Waals surface area contributed by atoms with Gasteiger partial charge in [-0.1, -0.05) is 50.6 Å². The molecule has 1 saturated heterocycles. The van der Waals surface area contributed by atoms with Gasteiger partial charge in [-0.2, -0.15) is 0 Å². The molecule has 0 saturated carbocycles. The van der Waals surface area contributed by atoms with Crippen LogP contribution in [-0.4, -0.2) is 12.2 Å². The van der Waals surface area contributed by atoms with Crippen molar-refractivity contribution in [3.05, 3.63) is 40.9 Å². The highest BCUT2D eigenvalue weighted by Gasteiger charge is 2.51. The van der Waals surface area contributed by atoms with Crippen LogP contribution in [0.1, 0.15) is 26.3 Å². The van der Waals surface area contributed by atoms with Crippen LogP contribution in [0.5, 0.6) is 0 Å². The lowest BCUT2D eigenvalue weighted by atomic mass is 9.80. The van der Waals surface area contributed by atoms with Crippen LogP contribution in [0.3, 0.4) is 0 Å². The summed E-state index contributed by atoms with van der Waals surface area (Å²) in [5, 5.41) is 0.769. The highest BCUT2D eigenvalue weighted by molar-refractivity contribution is 6.30. The first-order valence-electron chi connectivity index (χ1n) is 5.52. The van der Waals surface area contributed by atoms with Crippen molar-refractivity contribution in [1.82, 2.24) is 0 Å². The fourth-order valence-corrected chi connectivity index (χ4v) is 1.79. The summed E-state index contributed by atoms with van der Waals surface area (Å²) in [4.78, 5) is 0. The summed E-state index contributed by atoms with van der Waals surface area (Å²) in [6.07, 6.45) is 4.27. The Bertz CT molecular complexity index is 394. The van der Waals surface area contributed by atoms with Gasteiger partial charge in [-0.15, -0.1) is 0 Å². The molecule has 0 radical (unpaired) electrons. The maximum absolute atomic E-state index is 5.84. The van der Waals surface area contributed by atoms with E-state index in [2.05, 4.69) is 32.9 Å². The maximum Gasteiger partial charge on any atom is 0.115 e. The number of rotatable bonds is 2. The molecule has 0 amide bonds. The van der Waals surface area contributed by atoms with Gasteiger partial charge in [0.05, 0.1) is 6.61 Å². The first-order chi connectivity index (χ1) is 7.43. The molecule has 0 spiro atoms. The average molecular weight is 237 g/mol. The molecule has 1 fully saturated rings. The first kappa shape index (κ1) is 11.7. The zero-order valence-corrected chi connectivity index (χ0v) is 10.7. The van der Waals surface area contributed by atoms with Crippen LogP contribution in [0.4, 0.5) is 0 Å². The van der Waals surface area contributed by atoms with Crippen LogP contribution in [-0.2, 0) is 4.74 Å². The topological polar surface area (TPSA) is 12.5 Å². The monoisotopic (exact) mass is 236 g/mol. The molecule has 86 valence electrons. The summed E-state index contributed by atoms with van der Waals surface area (Å²) in [6, 6.07) is 7.83. The van der Waals surface area contributed by atoms with Crippen molar-refractivity contribution < 1.29 is 4.74 Å². The molecular formula is C14H17ClO. The van der Waals surface area contributed by atoms with Crippen molar-refractivity contribution in [2.75, 3.05) is 6.61 Å². The van der Waals surface area contributed by atoms with Gasteiger partial charge in [0.2, 0.25) is 0 Å². The predicted molar refractivity (Wildman–Crippen MR) is 68.6 cm³/mol. The summed E-state index contributed by atoms with van der Waals surface area (Å²) in [7, 11) is 0. The van der Waals surface area contributed by atoms with Crippen molar-refractivity contribution >= 4 is 17.7 Å². The van der Waals surface area contributed by atoms with Crippen LogP contribution in [0.25, 0.3) is 6.08 Å². The SMILES string of the molecule is CC(C)(C)C1(/C=C/c2ccc(Cl)cc2)CO1. The summed E-state index contributed by atoms with van der Waals surface area (Å²) >= 11 is 5.84. The van der Waals surface area contributed by atoms with Crippen LogP contribution >= 0.6 is 11.6 Å². The quantitative estimate of drug-likeness (QED) is 0.703. The molecule has 0 aliphatic carbocycles. The van der Waals surface area contributed by atoms with Crippen LogP contribution in [0.15, 0.2) is 30.3 Å². The van der Waals surface area contributed by atoms with Crippen molar-refractivity contribution in [3.8, 4) is 0 Å². The van der Waals surface area contributed by atoms with Crippen molar-refractivity contribution in [3.63, 3.8) is 0 Å². The molecule has 1 aromatic carbocycles. The minimum Gasteiger partial charge on any atom is -0.365 e. The Balaban J connectivity index is 2.13. The number of epoxide rings is 1. The molecule has 0 N–H and O–H groups in total. The molecule has 1 atom stereocenters. The summed E-state index contributed by atoms with van der Waals surface area (Å²) < 4.78 is 5.59. The molecule has 1 aromatic rings. The Morgan fingerprint density at radius 1 is 1.25 bits per heavy atom. The number of halogens is 1. The van der Waals surface area contributed by atoms with Gasteiger partial charge in [-0.25, -0.2) is 0 Å². The van der Waals surface area contributed by atoms with Crippen LogP contribution in [0.2, 0.25) is 5.02 Å². The van der Waals surface area contributed by atoms with Crippen LogP contribution in [0, 0.1) is 5.41 Å². The normalized spacial score (nSPS) is 25.0. The fourth-order valence-electron chi connectivity index (χ4n) is 1.66. The zero-order valence-electron chi connectivity index (χ0n) is 9.96. The Kier molecular flexibility index (Phi) is 2.85. The van der Waals surface area contributed by atoms with Gasteiger partial charge in [0, 0.05) is 5.02 Å². The maximum atomic E-state index is 5.84. The number of hydrogen-bond donors (Lipinski definition) is 0. The zero-order chi connectivity index (χ0) is 11.8. The van der Waals surface area contributed by atoms with Crippen molar-refractivity contribution in [2.45, 2.75) is 26.4 Å². The van der Waals surface area contributed by atoms with Crippen molar-refractivity contribution in [1.29, 1.82) is 0 Å². The number of hydrogen-bond acceptors (Lipinski definition) is 1. The number of ether oxygens (including phenoxy) is 1. The van der Waals surface area contributed by atoms with E-state index >= 15 is 0 Å². The van der Waals surface area contributed by atoms with Gasteiger partial charge in [0.25, 0.3) is 0 Å². The second-order valence-corrected chi connectivity index (χ2v) is 5.75. The third-order valence-electron chi connectivity index (χ3n) is 3.14. The minimum atomic E-state index is -0.0767. The molecule has 0 bridgehead atoms. The molecule has 1 aliphatic heterocycles. The van der Waals surface area contributed by atoms with Crippen molar-refractivity contribution in [2.24, 2.45) is 5.41 Å². The summed E-state index contributed by atoms with van der Waals surface area (Å²) in [6.45, 7) is 7.42. The highest BCUT2D eigenvalue weighted by Crippen LogP contribution is 2.45. The molecule has 2 rings (SSSR count). The second kappa shape index (κ2) is 3.90. The minimum absolute atomic E-state index is 0.0767. The average Bonchev–Trinajstić information content (AvgIpc) is 2.97. The largest absolute Gasteiger partial charge is 0.365 e. The molecule has 1 unspecified atom stereocenters. The van der Waals surface area contributed by atoms with Gasteiger partial charge in [0.15, 0.2) is 0 Å². The lowest BCUT2D eigenvalue weighted by Crippen LogP contribution is -2.27. The van der Waals surface area contributed by atoms with E-state index in [1.807, 2.05) is 24.3 Å². The third-order valence-corrected chi connectivity index (χ3v) is 3.39. The lowest BCUT2D eigenvalue weighted by Gasteiger charge is -2.24. The Morgan fingerprint density at radius 3 is 2.25 bits per heavy atom. The third kappa shape index (κ3) is 2.31. The summed E-state index contributed by atoms with van der Waals surface area (Å²) in [5.74, 6) is 0. The molecule has 1 nitrogen and oxygen atoms in total. The highest BCUT2D eigenvalue weighted by atomic mass is 35.5. The van der Waals surface area contributed by atoms with Gasteiger partial charge >= 0.3 is 0 Å². The number of benzene rings is 1. The van der Waals surface area contributed by atoms with Crippen LogP contribution < -0.4 is 0 Å². The molecule has 1 heterocycles. The van der Waals surface area contributed by atoms with E-state index in [1.165, 1.54) is 0 Å². The molecule has 2 heteroatoms. The van der Waals surface area contributed by atoms with Gasteiger partial charge in [-0.3, -0.25) is 0 Å². The lowest BCUT2D eigenvalue weighted by molar-refractivity contribution is 0.201. The standard InChI is InChI=1S/C14H17ClO/c1-13(2,3)14(10-16-14)9-8-11-4-6-12(15)7-5-11/h4-9H,10H2,1-3H3/b9-8+. The Morgan fingerprint density at radius 2 is 1.81 bits per heavy atom. The van der Waals surface area contributed by atoms with E-state index in [9.17, 15) is 0 Å². The Labute approximate surface area is 102 Å². The smallest absolute Gasteiger partial charge is 0.115 e. The van der Waals surface area contributed by atoms with Gasteiger partial charge < -0.3 is 4.74 Å².